The molecular weight excluding hydrogens is 520 g/mol. The lowest BCUT2D eigenvalue weighted by atomic mass is 9.95. The lowest BCUT2D eigenvalue weighted by Crippen LogP contribution is -2.40. The number of phenols is 1. The van der Waals surface area contributed by atoms with Crippen molar-refractivity contribution in [3.63, 3.8) is 0 Å². The molecule has 0 radical (unpaired) electrons. The number of carbonyl (C=O) groups excluding carboxylic acids is 1. The molecule has 0 bridgehead atoms. The molecule has 2 heterocycles. The number of carbonyl (C=O) groups is 1. The molecule has 1 aliphatic rings. The number of methoxy groups -OCH3 is 1. The van der Waals surface area contributed by atoms with Crippen LogP contribution in [0.15, 0.2) is 70.1 Å². The Morgan fingerprint density at radius 2 is 1.92 bits per heavy atom. The molecule has 1 aliphatic heterocycles. The van der Waals surface area contributed by atoms with E-state index >= 15 is 0 Å². The largest absolute Gasteiger partial charge is 0.504 e. The first-order valence-corrected chi connectivity index (χ1v) is 13.2. The predicted octanol–water partition coefficient (Wildman–Crippen LogP) is 3.48. The van der Waals surface area contributed by atoms with Crippen LogP contribution in [0.2, 0.25) is 0 Å². The Hall–Kier alpha value is -4.31. The Bertz CT molecular complexity index is 1620. The highest BCUT2D eigenvalue weighted by atomic mass is 32.1. The fourth-order valence-electron chi connectivity index (χ4n) is 4.27. The molecule has 3 aromatic rings. The van der Waals surface area contributed by atoms with E-state index in [9.17, 15) is 14.7 Å². The van der Waals surface area contributed by atoms with Gasteiger partial charge in [0, 0.05) is 0 Å². The molecule has 10 heteroatoms. The van der Waals surface area contributed by atoms with Gasteiger partial charge >= 0.3 is 5.97 Å². The normalized spacial score (nSPS) is 14.9. The van der Waals surface area contributed by atoms with Crippen molar-refractivity contribution in [3.05, 3.63) is 91.1 Å². The number of ether oxygens (including phenoxy) is 4. The van der Waals surface area contributed by atoms with E-state index in [1.165, 1.54) is 29.1 Å². The van der Waals surface area contributed by atoms with Crippen molar-refractivity contribution in [1.29, 1.82) is 0 Å². The number of aromatic hydroxyl groups is 1. The van der Waals surface area contributed by atoms with Crippen LogP contribution in [0.25, 0.3) is 6.08 Å². The molecular formula is C29H30N2O7S. The zero-order chi connectivity index (χ0) is 28.1. The van der Waals surface area contributed by atoms with Crippen LogP contribution in [0.1, 0.15) is 37.9 Å². The highest BCUT2D eigenvalue weighted by molar-refractivity contribution is 7.07. The summed E-state index contributed by atoms with van der Waals surface area (Å²) in [6, 6.07) is 9.33. The minimum absolute atomic E-state index is 0.0135. The van der Waals surface area contributed by atoms with E-state index in [1.54, 1.807) is 56.3 Å². The van der Waals surface area contributed by atoms with Crippen molar-refractivity contribution in [2.75, 3.05) is 26.9 Å². The summed E-state index contributed by atoms with van der Waals surface area (Å²) in [4.78, 5) is 32.0. The smallest absolute Gasteiger partial charge is 0.338 e. The van der Waals surface area contributed by atoms with E-state index in [2.05, 4.69) is 11.6 Å². The van der Waals surface area contributed by atoms with Crippen LogP contribution in [0.5, 0.6) is 23.0 Å². The molecule has 0 saturated heterocycles. The third-order valence-corrected chi connectivity index (χ3v) is 6.94. The number of rotatable bonds is 10. The minimum atomic E-state index is -0.802. The Labute approximate surface area is 229 Å². The highest BCUT2D eigenvalue weighted by Gasteiger charge is 2.34. The molecule has 9 nitrogen and oxygen atoms in total. The topological polar surface area (TPSA) is 109 Å². The fraction of sp³-hybridized carbons (Fsp3) is 0.276. The number of nitrogens with zero attached hydrogens (tertiary/aromatic N) is 2. The molecule has 204 valence electrons. The Kier molecular flexibility index (Phi) is 8.55. The van der Waals surface area contributed by atoms with Gasteiger partial charge in [-0.1, -0.05) is 36.1 Å². The number of fused-ring (bicyclic) bond motifs is 1. The van der Waals surface area contributed by atoms with Crippen LogP contribution in [-0.4, -0.2) is 42.6 Å². The van der Waals surface area contributed by atoms with E-state index in [0.29, 0.717) is 56.6 Å². The van der Waals surface area contributed by atoms with Crippen LogP contribution in [0.3, 0.4) is 0 Å². The maximum atomic E-state index is 13.8. The summed E-state index contributed by atoms with van der Waals surface area (Å²) >= 11 is 1.21. The second-order valence-electron chi connectivity index (χ2n) is 8.47. The monoisotopic (exact) mass is 550 g/mol. The number of thiazole rings is 1. The lowest BCUT2D eigenvalue weighted by molar-refractivity contribution is -0.139. The van der Waals surface area contributed by atoms with Crippen molar-refractivity contribution < 1.29 is 28.8 Å². The molecule has 1 aromatic heterocycles. The summed E-state index contributed by atoms with van der Waals surface area (Å²) in [7, 11) is 1.52. The van der Waals surface area contributed by atoms with Crippen LogP contribution in [0, 0.1) is 0 Å². The first kappa shape index (κ1) is 27.7. The number of aromatic nitrogens is 1. The first-order valence-electron chi connectivity index (χ1n) is 12.4. The Morgan fingerprint density at radius 3 is 2.62 bits per heavy atom. The summed E-state index contributed by atoms with van der Waals surface area (Å²) in [5, 5.41) is 10.1. The maximum absolute atomic E-state index is 13.8. The summed E-state index contributed by atoms with van der Waals surface area (Å²) in [6.07, 6.45) is 3.33. The second-order valence-corrected chi connectivity index (χ2v) is 9.48. The van der Waals surface area contributed by atoms with E-state index < -0.39 is 12.0 Å². The van der Waals surface area contributed by atoms with Gasteiger partial charge in [0.25, 0.3) is 5.56 Å². The van der Waals surface area contributed by atoms with Crippen molar-refractivity contribution in [1.82, 2.24) is 4.57 Å². The SMILES string of the molecule is C=CCOc1ccc(C2C(C(=O)OCC)=C(C)N=c3sc(=Cc4ccc(O)c(OCC)c4)c(=O)n32)cc1OC. The van der Waals surface area contributed by atoms with Crippen LogP contribution in [0.4, 0.5) is 0 Å². The van der Waals surface area contributed by atoms with Gasteiger partial charge in [-0.2, -0.15) is 0 Å². The van der Waals surface area contributed by atoms with Crippen LogP contribution in [-0.2, 0) is 9.53 Å². The van der Waals surface area contributed by atoms with E-state index in [4.69, 9.17) is 18.9 Å². The third-order valence-electron chi connectivity index (χ3n) is 5.96. The Balaban J connectivity index is 1.91. The molecule has 0 aliphatic carbocycles. The average Bonchev–Trinajstić information content (AvgIpc) is 3.22. The molecule has 0 amide bonds. The molecule has 1 atom stereocenters. The summed E-state index contributed by atoms with van der Waals surface area (Å²) in [5.41, 5.74) is 1.70. The van der Waals surface area contributed by atoms with Crippen molar-refractivity contribution in [3.8, 4) is 23.0 Å². The van der Waals surface area contributed by atoms with Crippen LogP contribution >= 0.6 is 11.3 Å². The van der Waals surface area contributed by atoms with E-state index in [1.807, 2.05) is 6.92 Å². The number of phenolic OH excluding ortho intramolecular Hbond substituents is 1. The molecule has 4 rings (SSSR count). The summed E-state index contributed by atoms with van der Waals surface area (Å²) in [6.45, 7) is 9.79. The molecule has 2 aromatic carbocycles. The van der Waals surface area contributed by atoms with Gasteiger partial charge in [-0.15, -0.1) is 0 Å². The van der Waals surface area contributed by atoms with Crippen molar-refractivity contribution >= 4 is 23.4 Å². The average molecular weight is 551 g/mol. The number of hydrogen-bond acceptors (Lipinski definition) is 9. The van der Waals surface area contributed by atoms with Crippen molar-refractivity contribution in [2.24, 2.45) is 4.99 Å². The zero-order valence-corrected chi connectivity index (χ0v) is 23.0. The van der Waals surface area contributed by atoms with Gasteiger partial charge in [0.15, 0.2) is 27.8 Å². The number of allylic oxidation sites excluding steroid dienone is 1. The molecule has 1 N–H and O–H groups in total. The van der Waals surface area contributed by atoms with Gasteiger partial charge in [0.2, 0.25) is 0 Å². The van der Waals surface area contributed by atoms with E-state index in [0.717, 1.165) is 0 Å². The first-order chi connectivity index (χ1) is 18.8. The van der Waals surface area contributed by atoms with Gasteiger partial charge < -0.3 is 24.1 Å². The van der Waals surface area contributed by atoms with Gasteiger partial charge in [-0.3, -0.25) is 9.36 Å². The Morgan fingerprint density at radius 1 is 1.13 bits per heavy atom. The number of esters is 1. The highest BCUT2D eigenvalue weighted by Crippen LogP contribution is 2.36. The molecule has 0 saturated carbocycles. The molecule has 0 spiro atoms. The van der Waals surface area contributed by atoms with Crippen molar-refractivity contribution in [2.45, 2.75) is 26.8 Å². The van der Waals surface area contributed by atoms with Gasteiger partial charge in [0.1, 0.15) is 6.61 Å². The fourth-order valence-corrected chi connectivity index (χ4v) is 5.32. The minimum Gasteiger partial charge on any atom is -0.504 e. The zero-order valence-electron chi connectivity index (χ0n) is 22.2. The summed E-state index contributed by atoms with van der Waals surface area (Å²) in [5.74, 6) is 0.734. The number of benzene rings is 2. The molecule has 0 fully saturated rings. The molecule has 1 unspecified atom stereocenters. The third kappa shape index (κ3) is 5.61. The maximum Gasteiger partial charge on any atom is 0.338 e. The standard InChI is InChI=1S/C29H30N2O7S/c1-6-13-38-21-12-10-19(16-23(21)35-5)26-25(28(34)37-8-3)17(4)30-29-31(26)27(33)24(39-29)15-18-9-11-20(32)22(14-18)36-7-2/h6,9-12,14-16,26,32H,1,7-8,13H2,2-5H3. The van der Waals surface area contributed by atoms with Crippen LogP contribution < -0.4 is 29.1 Å². The predicted molar refractivity (Wildman–Crippen MR) is 148 cm³/mol. The van der Waals surface area contributed by atoms with Gasteiger partial charge in [-0.25, -0.2) is 9.79 Å². The number of hydrogen-bond donors (Lipinski definition) is 1. The lowest BCUT2D eigenvalue weighted by Gasteiger charge is -2.25. The quantitative estimate of drug-likeness (QED) is 0.304. The molecule has 39 heavy (non-hydrogen) atoms. The van der Waals surface area contributed by atoms with Gasteiger partial charge in [-0.05, 0) is 62.2 Å². The summed E-state index contributed by atoms with van der Waals surface area (Å²) < 4.78 is 24.0. The second kappa shape index (κ2) is 12.0. The van der Waals surface area contributed by atoms with Gasteiger partial charge in [0.05, 0.1) is 42.2 Å². The van der Waals surface area contributed by atoms with E-state index in [-0.39, 0.29) is 23.5 Å².